The Labute approximate surface area is 141 Å². The fraction of sp³-hybridized carbons (Fsp3) is 0.200. The number of halogens is 1. The SMILES string of the molecule is COc1ccc(NC(N)=NCCc2cccnc2)cc1.I. The fourth-order valence-electron chi connectivity index (χ4n) is 1.71. The number of hydrogen-bond acceptors (Lipinski definition) is 3. The van der Waals surface area contributed by atoms with E-state index in [-0.39, 0.29) is 24.0 Å². The second-order valence-corrected chi connectivity index (χ2v) is 4.23. The summed E-state index contributed by atoms with van der Waals surface area (Å²) in [7, 11) is 1.64. The summed E-state index contributed by atoms with van der Waals surface area (Å²) in [6.07, 6.45) is 4.41. The van der Waals surface area contributed by atoms with Crippen LogP contribution in [0.3, 0.4) is 0 Å². The molecule has 0 radical (unpaired) electrons. The van der Waals surface area contributed by atoms with Crippen molar-refractivity contribution in [2.45, 2.75) is 6.42 Å². The fourth-order valence-corrected chi connectivity index (χ4v) is 1.71. The average molecular weight is 398 g/mol. The number of anilines is 1. The highest BCUT2D eigenvalue weighted by Crippen LogP contribution is 2.14. The monoisotopic (exact) mass is 398 g/mol. The van der Waals surface area contributed by atoms with Gasteiger partial charge in [0.05, 0.1) is 7.11 Å². The van der Waals surface area contributed by atoms with Crippen LogP contribution in [-0.2, 0) is 6.42 Å². The van der Waals surface area contributed by atoms with Crippen LogP contribution in [0, 0.1) is 0 Å². The van der Waals surface area contributed by atoms with Crippen LogP contribution in [0.15, 0.2) is 53.8 Å². The molecule has 0 aliphatic carbocycles. The number of methoxy groups -OCH3 is 1. The van der Waals surface area contributed by atoms with Gasteiger partial charge in [-0.1, -0.05) is 6.07 Å². The highest BCUT2D eigenvalue weighted by molar-refractivity contribution is 14.0. The van der Waals surface area contributed by atoms with Gasteiger partial charge in [-0.15, -0.1) is 24.0 Å². The van der Waals surface area contributed by atoms with Crippen LogP contribution in [0.5, 0.6) is 5.75 Å². The summed E-state index contributed by atoms with van der Waals surface area (Å²) < 4.78 is 5.09. The highest BCUT2D eigenvalue weighted by atomic mass is 127. The van der Waals surface area contributed by atoms with Gasteiger partial charge in [-0.25, -0.2) is 0 Å². The Balaban J connectivity index is 0.00000220. The predicted molar refractivity (Wildman–Crippen MR) is 96.5 cm³/mol. The predicted octanol–water partition coefficient (Wildman–Crippen LogP) is 2.68. The van der Waals surface area contributed by atoms with Gasteiger partial charge in [-0.2, -0.15) is 0 Å². The summed E-state index contributed by atoms with van der Waals surface area (Å²) in [5.74, 6) is 1.21. The molecule has 6 heteroatoms. The van der Waals surface area contributed by atoms with E-state index < -0.39 is 0 Å². The number of aromatic nitrogens is 1. The molecule has 0 aliphatic heterocycles. The molecule has 0 spiro atoms. The van der Waals surface area contributed by atoms with Gasteiger partial charge in [0.2, 0.25) is 0 Å². The number of guanidine groups is 1. The summed E-state index contributed by atoms with van der Waals surface area (Å²) in [5, 5.41) is 3.04. The number of ether oxygens (including phenoxy) is 1. The molecule has 21 heavy (non-hydrogen) atoms. The van der Waals surface area contributed by atoms with Gasteiger partial charge < -0.3 is 15.8 Å². The first-order chi connectivity index (χ1) is 9.78. The number of benzene rings is 1. The number of aliphatic imine (C=N–C) groups is 1. The first-order valence-corrected chi connectivity index (χ1v) is 6.38. The number of nitrogens with two attached hydrogens (primary N) is 1. The van der Waals surface area contributed by atoms with E-state index in [0.717, 1.165) is 23.4 Å². The molecule has 0 unspecified atom stereocenters. The Morgan fingerprint density at radius 1 is 1.29 bits per heavy atom. The molecular weight excluding hydrogens is 379 g/mol. The zero-order chi connectivity index (χ0) is 14.2. The van der Waals surface area contributed by atoms with Crippen LogP contribution in [0.1, 0.15) is 5.56 Å². The Hall–Kier alpha value is -1.83. The second kappa shape index (κ2) is 9.17. The minimum atomic E-state index is 0. The lowest BCUT2D eigenvalue weighted by molar-refractivity contribution is 0.415. The molecule has 2 rings (SSSR count). The first-order valence-electron chi connectivity index (χ1n) is 6.38. The maximum absolute atomic E-state index is 5.83. The molecule has 3 N–H and O–H groups in total. The number of pyridine rings is 1. The third kappa shape index (κ3) is 5.99. The average Bonchev–Trinajstić information content (AvgIpc) is 2.49. The van der Waals surface area contributed by atoms with Crippen molar-refractivity contribution < 1.29 is 4.74 Å². The molecular formula is C15H19IN4O. The van der Waals surface area contributed by atoms with Gasteiger partial charge in [0, 0.05) is 24.6 Å². The normalized spacial score (nSPS) is 10.6. The molecule has 1 heterocycles. The summed E-state index contributed by atoms with van der Waals surface area (Å²) in [6, 6.07) is 11.5. The largest absolute Gasteiger partial charge is 0.497 e. The molecule has 0 saturated carbocycles. The first kappa shape index (κ1) is 17.2. The molecule has 2 aromatic rings. The van der Waals surface area contributed by atoms with Crippen LogP contribution >= 0.6 is 24.0 Å². The quantitative estimate of drug-likeness (QED) is 0.462. The van der Waals surface area contributed by atoms with Crippen molar-refractivity contribution in [3.63, 3.8) is 0 Å². The molecule has 5 nitrogen and oxygen atoms in total. The van der Waals surface area contributed by atoms with Crippen molar-refractivity contribution in [3.8, 4) is 5.75 Å². The van der Waals surface area contributed by atoms with Crippen molar-refractivity contribution in [2.24, 2.45) is 10.7 Å². The Morgan fingerprint density at radius 2 is 2.05 bits per heavy atom. The van der Waals surface area contributed by atoms with Crippen molar-refractivity contribution in [3.05, 3.63) is 54.4 Å². The molecule has 112 valence electrons. The Morgan fingerprint density at radius 3 is 2.67 bits per heavy atom. The summed E-state index contributed by atoms with van der Waals surface area (Å²) in [5.41, 5.74) is 7.86. The van der Waals surface area contributed by atoms with Crippen LogP contribution in [0.4, 0.5) is 5.69 Å². The van der Waals surface area contributed by atoms with E-state index in [1.54, 1.807) is 13.3 Å². The maximum Gasteiger partial charge on any atom is 0.193 e. The van der Waals surface area contributed by atoms with Crippen molar-refractivity contribution >= 4 is 35.6 Å². The van der Waals surface area contributed by atoms with Crippen molar-refractivity contribution in [2.75, 3.05) is 19.0 Å². The van der Waals surface area contributed by atoms with Crippen LogP contribution in [-0.4, -0.2) is 24.6 Å². The molecule has 0 atom stereocenters. The molecule has 0 saturated heterocycles. The number of rotatable bonds is 5. The van der Waals surface area contributed by atoms with E-state index >= 15 is 0 Å². The van der Waals surface area contributed by atoms with Crippen molar-refractivity contribution in [1.82, 2.24) is 4.98 Å². The highest BCUT2D eigenvalue weighted by Gasteiger charge is 1.96. The van der Waals surface area contributed by atoms with E-state index in [1.807, 2.05) is 42.6 Å². The summed E-state index contributed by atoms with van der Waals surface area (Å²) in [6.45, 7) is 0.626. The molecule has 0 fully saturated rings. The lowest BCUT2D eigenvalue weighted by Gasteiger charge is -2.06. The molecule has 1 aromatic heterocycles. The van der Waals surface area contributed by atoms with Gasteiger partial charge in [0.15, 0.2) is 5.96 Å². The van der Waals surface area contributed by atoms with E-state index in [0.29, 0.717) is 12.5 Å². The lowest BCUT2D eigenvalue weighted by Crippen LogP contribution is -2.23. The smallest absolute Gasteiger partial charge is 0.193 e. The minimum Gasteiger partial charge on any atom is -0.497 e. The van der Waals surface area contributed by atoms with Crippen LogP contribution in [0.2, 0.25) is 0 Å². The van der Waals surface area contributed by atoms with Gasteiger partial charge in [0.1, 0.15) is 5.75 Å². The summed E-state index contributed by atoms with van der Waals surface area (Å²) >= 11 is 0. The Kier molecular flexibility index (Phi) is 7.52. The number of nitrogens with one attached hydrogen (secondary N) is 1. The topological polar surface area (TPSA) is 72.5 Å². The van der Waals surface area contributed by atoms with Gasteiger partial charge >= 0.3 is 0 Å². The number of hydrogen-bond donors (Lipinski definition) is 2. The molecule has 0 aliphatic rings. The zero-order valence-electron chi connectivity index (χ0n) is 11.8. The molecule has 1 aromatic carbocycles. The van der Waals surface area contributed by atoms with Crippen LogP contribution in [0.25, 0.3) is 0 Å². The minimum absolute atomic E-state index is 0. The molecule has 0 amide bonds. The second-order valence-electron chi connectivity index (χ2n) is 4.23. The van der Waals surface area contributed by atoms with Crippen LogP contribution < -0.4 is 15.8 Å². The zero-order valence-corrected chi connectivity index (χ0v) is 14.2. The van der Waals surface area contributed by atoms with E-state index in [9.17, 15) is 0 Å². The van der Waals surface area contributed by atoms with E-state index in [1.165, 1.54) is 0 Å². The van der Waals surface area contributed by atoms with Gasteiger partial charge in [-0.05, 0) is 42.3 Å². The molecule has 0 bridgehead atoms. The Bertz CT molecular complexity index is 558. The van der Waals surface area contributed by atoms with Gasteiger partial charge in [0.25, 0.3) is 0 Å². The standard InChI is InChI=1S/C15H18N4O.HI/c1-20-14-6-4-13(5-7-14)19-15(16)18-10-8-12-3-2-9-17-11-12;/h2-7,9,11H,8,10H2,1H3,(H3,16,18,19);1H. The number of nitrogens with zero attached hydrogens (tertiary/aromatic N) is 2. The van der Waals surface area contributed by atoms with E-state index in [4.69, 9.17) is 10.5 Å². The van der Waals surface area contributed by atoms with E-state index in [2.05, 4.69) is 15.3 Å². The summed E-state index contributed by atoms with van der Waals surface area (Å²) in [4.78, 5) is 8.34. The van der Waals surface area contributed by atoms with Gasteiger partial charge in [-0.3, -0.25) is 9.98 Å². The third-order valence-electron chi connectivity index (χ3n) is 2.77. The maximum atomic E-state index is 5.83. The lowest BCUT2D eigenvalue weighted by atomic mass is 10.2. The third-order valence-corrected chi connectivity index (χ3v) is 2.77. The van der Waals surface area contributed by atoms with Crippen molar-refractivity contribution in [1.29, 1.82) is 0 Å².